The predicted octanol–water partition coefficient (Wildman–Crippen LogP) is 0.689. The van der Waals surface area contributed by atoms with Crippen molar-refractivity contribution in [1.82, 2.24) is 10.2 Å². The van der Waals surface area contributed by atoms with E-state index in [2.05, 4.69) is 33.7 Å². The quantitative estimate of drug-likeness (QED) is 0.735. The molecule has 3 aliphatic rings. The van der Waals surface area contributed by atoms with Gasteiger partial charge in [-0.25, -0.2) is 0 Å². The van der Waals surface area contributed by atoms with Crippen molar-refractivity contribution in [3.63, 3.8) is 0 Å². The van der Waals surface area contributed by atoms with E-state index in [1.807, 2.05) is 6.20 Å². The third-order valence-corrected chi connectivity index (χ3v) is 4.76. The molecule has 8 heteroatoms. The average molecular weight is 378 g/mol. The van der Waals surface area contributed by atoms with Crippen LogP contribution in [0.25, 0.3) is 11.9 Å². The molecule has 2 aliphatic heterocycles. The lowest BCUT2D eigenvalue weighted by Crippen LogP contribution is -2.42. The number of quaternary nitrogens is 1. The Labute approximate surface area is 157 Å². The molecule has 0 saturated heterocycles. The van der Waals surface area contributed by atoms with Gasteiger partial charge in [-0.3, -0.25) is 0 Å². The SMILES string of the molecule is COC1=CC2=C(C=CCC2)C2=c3c(NCCO)nncc3=C[N+]12OC.Cl. The number of anilines is 1. The first-order valence-corrected chi connectivity index (χ1v) is 8.30. The molecule has 0 saturated carbocycles. The van der Waals surface area contributed by atoms with Gasteiger partial charge in [0.15, 0.2) is 17.7 Å². The molecule has 1 unspecified atom stereocenters. The number of hydrogen-bond donors (Lipinski definition) is 2. The summed E-state index contributed by atoms with van der Waals surface area (Å²) in [5, 5.41) is 22.5. The summed E-state index contributed by atoms with van der Waals surface area (Å²) in [6.07, 6.45) is 12.1. The first kappa shape index (κ1) is 18.6. The number of hydrogen-bond acceptors (Lipinski definition) is 6. The topological polar surface area (TPSA) is 76.5 Å². The van der Waals surface area contributed by atoms with E-state index < -0.39 is 0 Å². The molecule has 7 nitrogen and oxygen atoms in total. The normalized spacial score (nSPS) is 22.6. The molecule has 1 atom stereocenters. The van der Waals surface area contributed by atoms with Crippen molar-refractivity contribution in [3.8, 4) is 0 Å². The minimum absolute atomic E-state index is 0. The number of aromatic nitrogens is 2. The van der Waals surface area contributed by atoms with Crippen LogP contribution in [-0.2, 0) is 9.57 Å². The molecule has 0 spiro atoms. The summed E-state index contributed by atoms with van der Waals surface area (Å²) in [5.74, 6) is 1.34. The number of aliphatic hydroxyl groups is 1. The van der Waals surface area contributed by atoms with Crippen LogP contribution in [0.15, 0.2) is 41.5 Å². The number of fused-ring (bicyclic) bond motifs is 3. The smallest absolute Gasteiger partial charge is 0.335 e. The van der Waals surface area contributed by atoms with Crippen molar-refractivity contribution in [2.24, 2.45) is 0 Å². The summed E-state index contributed by atoms with van der Waals surface area (Å²) < 4.78 is 5.74. The molecule has 4 rings (SSSR count). The van der Waals surface area contributed by atoms with E-state index >= 15 is 0 Å². The second kappa shape index (κ2) is 7.20. The minimum atomic E-state index is 0. The van der Waals surface area contributed by atoms with E-state index in [-0.39, 0.29) is 23.7 Å². The Morgan fingerprint density at radius 3 is 2.92 bits per heavy atom. The molecule has 1 aromatic rings. The molecule has 26 heavy (non-hydrogen) atoms. The zero-order valence-corrected chi connectivity index (χ0v) is 15.5. The molecule has 0 radical (unpaired) electrons. The molecule has 0 bridgehead atoms. The van der Waals surface area contributed by atoms with Crippen molar-refractivity contribution >= 4 is 30.1 Å². The first-order valence-electron chi connectivity index (χ1n) is 8.30. The first-order chi connectivity index (χ1) is 12.2. The van der Waals surface area contributed by atoms with Crippen molar-refractivity contribution < 1.29 is 19.3 Å². The highest BCUT2D eigenvalue weighted by Gasteiger charge is 2.49. The van der Waals surface area contributed by atoms with Gasteiger partial charge in [-0.2, -0.15) is 9.94 Å². The Morgan fingerprint density at radius 1 is 1.35 bits per heavy atom. The number of rotatable bonds is 5. The lowest BCUT2D eigenvalue weighted by Gasteiger charge is -2.34. The second-order valence-electron chi connectivity index (χ2n) is 6.06. The maximum Gasteiger partial charge on any atom is 0.335 e. The van der Waals surface area contributed by atoms with Crippen LogP contribution in [0.1, 0.15) is 12.8 Å². The van der Waals surface area contributed by atoms with E-state index in [1.54, 1.807) is 20.4 Å². The van der Waals surface area contributed by atoms with Crippen LogP contribution < -0.4 is 15.8 Å². The number of nitrogens with zero attached hydrogens (tertiary/aromatic N) is 3. The van der Waals surface area contributed by atoms with Crippen molar-refractivity contribution in [2.45, 2.75) is 12.8 Å². The van der Waals surface area contributed by atoms with Gasteiger partial charge in [0, 0.05) is 18.2 Å². The number of nitrogens with one attached hydrogen (secondary N) is 1. The molecule has 0 amide bonds. The fourth-order valence-corrected chi connectivity index (χ4v) is 3.69. The number of methoxy groups -OCH3 is 1. The third-order valence-electron chi connectivity index (χ3n) is 4.76. The largest absolute Gasteiger partial charge is 0.452 e. The molecule has 3 heterocycles. The van der Waals surface area contributed by atoms with Gasteiger partial charge in [0.2, 0.25) is 0 Å². The van der Waals surface area contributed by atoms with Gasteiger partial charge in [0.1, 0.15) is 0 Å². The maximum atomic E-state index is 9.17. The van der Waals surface area contributed by atoms with E-state index in [0.29, 0.717) is 18.2 Å². The molecular formula is C18H22ClN4O3+. The predicted molar refractivity (Wildman–Crippen MR) is 99.7 cm³/mol. The number of halogens is 1. The molecule has 1 aromatic heterocycles. The number of hydroxylamine groups is 3. The molecular weight excluding hydrogens is 356 g/mol. The van der Waals surface area contributed by atoms with E-state index in [0.717, 1.165) is 34.5 Å². The van der Waals surface area contributed by atoms with Gasteiger partial charge in [-0.05, 0) is 18.4 Å². The van der Waals surface area contributed by atoms with Gasteiger partial charge < -0.3 is 15.2 Å². The lowest BCUT2D eigenvalue weighted by molar-refractivity contribution is -0.962. The monoisotopic (exact) mass is 377 g/mol. The summed E-state index contributed by atoms with van der Waals surface area (Å²) in [5.41, 5.74) is 3.33. The second-order valence-corrected chi connectivity index (χ2v) is 6.06. The third kappa shape index (κ3) is 2.55. The Hall–Kier alpha value is -2.19. The molecule has 1 aliphatic carbocycles. The maximum absolute atomic E-state index is 9.17. The van der Waals surface area contributed by atoms with Gasteiger partial charge >= 0.3 is 5.88 Å². The number of allylic oxidation sites excluding steroid dienone is 3. The van der Waals surface area contributed by atoms with E-state index in [4.69, 9.17) is 14.7 Å². The van der Waals surface area contributed by atoms with Crippen LogP contribution >= 0.6 is 12.4 Å². The minimum Gasteiger partial charge on any atom is -0.452 e. The Kier molecular flexibility index (Phi) is 5.15. The summed E-state index contributed by atoms with van der Waals surface area (Å²) in [6, 6.07) is 0. The zero-order valence-electron chi connectivity index (χ0n) is 14.7. The van der Waals surface area contributed by atoms with Crippen LogP contribution in [0.2, 0.25) is 0 Å². The highest BCUT2D eigenvalue weighted by Crippen LogP contribution is 2.43. The van der Waals surface area contributed by atoms with Crippen molar-refractivity contribution in [3.05, 3.63) is 51.9 Å². The summed E-state index contributed by atoms with van der Waals surface area (Å²) in [7, 11) is 3.32. The summed E-state index contributed by atoms with van der Waals surface area (Å²) in [4.78, 5) is 5.95. The molecule has 2 N–H and O–H groups in total. The fraction of sp³-hybridized carbons (Fsp3) is 0.333. The summed E-state index contributed by atoms with van der Waals surface area (Å²) in [6.45, 7) is 0.422. The van der Waals surface area contributed by atoms with Crippen LogP contribution in [0, 0.1) is 0 Å². The fourth-order valence-electron chi connectivity index (χ4n) is 3.69. The van der Waals surface area contributed by atoms with E-state index in [9.17, 15) is 0 Å². The standard InChI is InChI=1S/C18H21N4O3.ClH/c1-24-15-9-12-5-3-4-6-14(12)17-16-13(11-22(15,17)25-2)10-20-21-18(16)19-7-8-23;/h4,6,9-11,23H,3,5,7-8H2,1-2H3,(H,19,21);1H/q+1;. The van der Waals surface area contributed by atoms with Gasteiger partial charge in [-0.15, -0.1) is 17.5 Å². The molecule has 0 aromatic carbocycles. The Bertz CT molecular complexity index is 938. The van der Waals surface area contributed by atoms with E-state index in [1.165, 1.54) is 5.57 Å². The summed E-state index contributed by atoms with van der Waals surface area (Å²) >= 11 is 0. The van der Waals surface area contributed by atoms with Crippen LogP contribution in [0.5, 0.6) is 0 Å². The van der Waals surface area contributed by atoms with Gasteiger partial charge in [-0.1, -0.05) is 16.8 Å². The number of ether oxygens (including phenoxy) is 1. The number of aliphatic hydroxyl groups excluding tert-OH is 1. The highest BCUT2D eigenvalue weighted by molar-refractivity contribution is 5.85. The molecule has 0 fully saturated rings. The lowest BCUT2D eigenvalue weighted by atomic mass is 9.91. The van der Waals surface area contributed by atoms with Crippen LogP contribution in [-0.4, -0.2) is 47.3 Å². The molecule has 138 valence electrons. The van der Waals surface area contributed by atoms with Crippen molar-refractivity contribution in [2.75, 3.05) is 32.7 Å². The van der Waals surface area contributed by atoms with Gasteiger partial charge in [0.25, 0.3) is 0 Å². The average Bonchev–Trinajstić information content (AvgIpc) is 3.02. The highest BCUT2D eigenvalue weighted by atomic mass is 35.5. The van der Waals surface area contributed by atoms with Crippen LogP contribution in [0.4, 0.5) is 5.82 Å². The van der Waals surface area contributed by atoms with Gasteiger partial charge in [0.05, 0.1) is 37.5 Å². The zero-order chi connectivity index (χ0) is 17.4. The van der Waals surface area contributed by atoms with Crippen LogP contribution in [0.3, 0.4) is 0 Å². The Balaban J connectivity index is 0.00000196. The Morgan fingerprint density at radius 2 is 2.19 bits per heavy atom. The van der Waals surface area contributed by atoms with Crippen molar-refractivity contribution in [1.29, 1.82) is 0 Å².